The van der Waals surface area contributed by atoms with E-state index in [9.17, 15) is 15.2 Å². The number of benzene rings is 2. The molecule has 3 rings (SSSR count). The van der Waals surface area contributed by atoms with E-state index >= 15 is 0 Å². The van der Waals surface area contributed by atoms with Crippen molar-refractivity contribution in [3.8, 4) is 23.3 Å². The highest BCUT2D eigenvalue weighted by atomic mass is 16.5. The van der Waals surface area contributed by atoms with E-state index in [1.165, 1.54) is 12.1 Å². The van der Waals surface area contributed by atoms with Gasteiger partial charge >= 0.3 is 0 Å². The van der Waals surface area contributed by atoms with Gasteiger partial charge in [0.15, 0.2) is 11.7 Å². The average Bonchev–Trinajstić information content (AvgIpc) is 2.64. The predicted octanol–water partition coefficient (Wildman–Crippen LogP) is 2.77. The number of hydrogen-bond acceptors (Lipinski definition) is 6. The fourth-order valence-corrected chi connectivity index (χ4v) is 2.57. The molecule has 0 saturated heterocycles. The van der Waals surface area contributed by atoms with Crippen molar-refractivity contribution in [2.75, 3.05) is 13.1 Å². The summed E-state index contributed by atoms with van der Waals surface area (Å²) in [4.78, 5) is 17.1. The maximum Gasteiger partial charge on any atom is 0.265 e. The predicted molar refractivity (Wildman–Crippen MR) is 101 cm³/mol. The molecule has 2 aromatic carbocycles. The lowest BCUT2D eigenvalue weighted by Crippen LogP contribution is -2.49. The second-order valence-electron chi connectivity index (χ2n) is 7.00. The number of aromatic hydroxyl groups is 1. The van der Waals surface area contributed by atoms with Crippen LogP contribution in [0.1, 0.15) is 29.8 Å². The third kappa shape index (κ3) is 4.18. The number of hydrogen-bond donors (Lipinski definition) is 3. The van der Waals surface area contributed by atoms with E-state index in [0.29, 0.717) is 24.8 Å². The molecule has 0 unspecified atom stereocenters. The number of para-hydroxylation sites is 1. The van der Waals surface area contributed by atoms with Gasteiger partial charge in [0.25, 0.3) is 5.91 Å². The first-order valence-corrected chi connectivity index (χ1v) is 8.48. The summed E-state index contributed by atoms with van der Waals surface area (Å²) in [5.41, 5.74) is 0.0206. The number of nitrogens with one attached hydrogen (secondary N) is 2. The quantitative estimate of drug-likeness (QED) is 0.776. The summed E-state index contributed by atoms with van der Waals surface area (Å²) in [6, 6.07) is 13.4. The minimum absolute atomic E-state index is 0.00132. The Hall–Kier alpha value is -3.53. The van der Waals surface area contributed by atoms with Crippen molar-refractivity contribution in [2.45, 2.75) is 13.8 Å². The number of rotatable bonds is 3. The Balaban J connectivity index is 1.93. The zero-order valence-corrected chi connectivity index (χ0v) is 15.1. The normalized spacial score (nSPS) is 15.1. The largest absolute Gasteiger partial charge is 0.507 e. The molecule has 7 heteroatoms. The molecule has 1 heterocycles. The van der Waals surface area contributed by atoms with Crippen LogP contribution in [0.15, 0.2) is 47.5 Å². The topological polar surface area (TPSA) is 107 Å². The maximum absolute atomic E-state index is 12.8. The standard InChI is InChI=1S/C20H20N4O3/c1-20(2)11-22-19(23-12-20)24-18(26)16-15(25)9-8-13(10-21)17(16)27-14-6-4-3-5-7-14/h3-9,25H,11-12H2,1-2H3,(H2,22,23,24,26). The summed E-state index contributed by atoms with van der Waals surface area (Å²) in [7, 11) is 0. The van der Waals surface area contributed by atoms with Crippen molar-refractivity contribution in [2.24, 2.45) is 10.4 Å². The van der Waals surface area contributed by atoms with Crippen LogP contribution in [0.5, 0.6) is 17.2 Å². The molecule has 0 aromatic heterocycles. The summed E-state index contributed by atoms with van der Waals surface area (Å²) in [6.45, 7) is 5.35. The second kappa shape index (κ2) is 7.38. The molecule has 7 nitrogen and oxygen atoms in total. The number of phenolic OH excluding ortho intramolecular Hbond substituents is 1. The Kier molecular flexibility index (Phi) is 4.99. The first-order valence-electron chi connectivity index (χ1n) is 8.48. The van der Waals surface area contributed by atoms with Crippen molar-refractivity contribution in [1.82, 2.24) is 10.6 Å². The van der Waals surface area contributed by atoms with Crippen LogP contribution in [0.4, 0.5) is 0 Å². The van der Waals surface area contributed by atoms with E-state index in [4.69, 9.17) is 4.74 Å². The van der Waals surface area contributed by atoms with Gasteiger partial charge in [0.1, 0.15) is 23.1 Å². The van der Waals surface area contributed by atoms with Gasteiger partial charge in [0.2, 0.25) is 0 Å². The maximum atomic E-state index is 12.8. The molecular formula is C20H20N4O3. The van der Waals surface area contributed by atoms with E-state index in [0.717, 1.165) is 0 Å². The first kappa shape index (κ1) is 18.3. The molecule has 1 aliphatic rings. The molecule has 0 bridgehead atoms. The highest BCUT2D eigenvalue weighted by molar-refractivity contribution is 6.09. The van der Waals surface area contributed by atoms with Gasteiger partial charge in [0.05, 0.1) is 5.56 Å². The highest BCUT2D eigenvalue weighted by Crippen LogP contribution is 2.34. The van der Waals surface area contributed by atoms with Crippen molar-refractivity contribution in [3.05, 3.63) is 53.6 Å². The minimum Gasteiger partial charge on any atom is -0.507 e. The molecule has 0 spiro atoms. The number of nitriles is 1. The first-order chi connectivity index (χ1) is 12.9. The molecule has 1 aliphatic heterocycles. The fraction of sp³-hybridized carbons (Fsp3) is 0.250. The van der Waals surface area contributed by atoms with Gasteiger partial charge in [-0.05, 0) is 24.3 Å². The Bertz CT molecular complexity index is 930. The van der Waals surface area contributed by atoms with Gasteiger partial charge in [-0.15, -0.1) is 0 Å². The number of carbonyl (C=O) groups excluding carboxylic acids is 1. The number of nitrogens with zero attached hydrogens (tertiary/aromatic N) is 2. The smallest absolute Gasteiger partial charge is 0.265 e. The summed E-state index contributed by atoms with van der Waals surface area (Å²) in [6.07, 6.45) is 0. The summed E-state index contributed by atoms with van der Waals surface area (Å²) >= 11 is 0. The monoisotopic (exact) mass is 364 g/mol. The van der Waals surface area contributed by atoms with Crippen LogP contribution in [0.25, 0.3) is 0 Å². The van der Waals surface area contributed by atoms with Gasteiger partial charge < -0.3 is 15.2 Å². The van der Waals surface area contributed by atoms with Gasteiger partial charge in [-0.25, -0.2) is 0 Å². The van der Waals surface area contributed by atoms with Crippen LogP contribution in [-0.4, -0.2) is 30.1 Å². The SMILES string of the molecule is CC1(C)CN=C(NC(=O)c2c(O)ccc(C#N)c2Oc2ccccc2)NC1. The van der Waals surface area contributed by atoms with Crippen molar-refractivity contribution < 1.29 is 14.6 Å². The number of aliphatic imine (C=N–C) groups is 1. The Morgan fingerprint density at radius 3 is 2.67 bits per heavy atom. The second-order valence-corrected chi connectivity index (χ2v) is 7.00. The third-order valence-corrected chi connectivity index (χ3v) is 4.08. The van der Waals surface area contributed by atoms with Crippen molar-refractivity contribution >= 4 is 11.9 Å². The highest BCUT2D eigenvalue weighted by Gasteiger charge is 2.26. The van der Waals surface area contributed by atoms with Crippen LogP contribution in [0.2, 0.25) is 0 Å². The number of guanidine groups is 1. The van der Waals surface area contributed by atoms with Crippen LogP contribution in [0, 0.1) is 16.7 Å². The lowest BCUT2D eigenvalue weighted by molar-refractivity contribution is 0.0969. The molecule has 0 saturated carbocycles. The Labute approximate surface area is 157 Å². The molecule has 2 aromatic rings. The Morgan fingerprint density at radius 2 is 2.04 bits per heavy atom. The minimum atomic E-state index is -0.610. The van der Waals surface area contributed by atoms with Crippen LogP contribution in [0.3, 0.4) is 0 Å². The molecule has 0 atom stereocenters. The number of ether oxygens (including phenoxy) is 1. The molecule has 1 amide bonds. The number of amides is 1. The summed E-state index contributed by atoms with van der Waals surface area (Å²) in [5, 5.41) is 25.4. The van der Waals surface area contributed by atoms with E-state index in [1.807, 2.05) is 12.1 Å². The van der Waals surface area contributed by atoms with E-state index in [1.54, 1.807) is 24.3 Å². The Morgan fingerprint density at radius 1 is 1.30 bits per heavy atom. The molecular weight excluding hydrogens is 344 g/mol. The lowest BCUT2D eigenvalue weighted by Gasteiger charge is -2.29. The molecule has 138 valence electrons. The van der Waals surface area contributed by atoms with E-state index in [-0.39, 0.29) is 28.0 Å². The molecule has 3 N–H and O–H groups in total. The van der Waals surface area contributed by atoms with Crippen molar-refractivity contribution in [3.63, 3.8) is 0 Å². The van der Waals surface area contributed by atoms with Crippen molar-refractivity contribution in [1.29, 1.82) is 5.26 Å². The van der Waals surface area contributed by atoms with Crippen LogP contribution < -0.4 is 15.4 Å². The lowest BCUT2D eigenvalue weighted by atomic mass is 9.93. The fourth-order valence-electron chi connectivity index (χ4n) is 2.57. The van der Waals surface area contributed by atoms with E-state index in [2.05, 4.69) is 29.5 Å². The van der Waals surface area contributed by atoms with Gasteiger partial charge in [-0.2, -0.15) is 5.26 Å². The van der Waals surface area contributed by atoms with E-state index < -0.39 is 5.91 Å². The number of phenols is 1. The summed E-state index contributed by atoms with van der Waals surface area (Å²) < 4.78 is 5.75. The van der Waals surface area contributed by atoms with Gasteiger partial charge in [0, 0.05) is 18.5 Å². The van der Waals surface area contributed by atoms with Gasteiger partial charge in [-0.1, -0.05) is 32.0 Å². The number of carbonyl (C=O) groups is 1. The molecule has 27 heavy (non-hydrogen) atoms. The molecule has 0 fully saturated rings. The van der Waals surface area contributed by atoms with Crippen LogP contribution in [-0.2, 0) is 0 Å². The van der Waals surface area contributed by atoms with Crippen LogP contribution >= 0.6 is 0 Å². The summed E-state index contributed by atoms with van der Waals surface area (Å²) in [5.74, 6) is -0.121. The molecule has 0 aliphatic carbocycles. The average molecular weight is 364 g/mol. The third-order valence-electron chi connectivity index (χ3n) is 4.08. The zero-order valence-electron chi connectivity index (χ0n) is 15.1. The molecule has 0 radical (unpaired) electrons. The zero-order chi connectivity index (χ0) is 19.4. The van der Waals surface area contributed by atoms with Gasteiger partial charge in [-0.3, -0.25) is 15.1 Å².